The highest BCUT2D eigenvalue weighted by Gasteiger charge is 2.12. The van der Waals surface area contributed by atoms with Crippen molar-refractivity contribution in [3.63, 3.8) is 0 Å². The van der Waals surface area contributed by atoms with Gasteiger partial charge >= 0.3 is 0 Å². The Labute approximate surface area is 122 Å². The van der Waals surface area contributed by atoms with E-state index in [-0.39, 0.29) is 5.91 Å². The van der Waals surface area contributed by atoms with Gasteiger partial charge in [0, 0.05) is 16.1 Å². The molecular formula is C14H18N4OS. The molecule has 2 aromatic rings. The third kappa shape index (κ3) is 3.14. The van der Waals surface area contributed by atoms with Gasteiger partial charge in [-0.25, -0.2) is 9.97 Å². The van der Waals surface area contributed by atoms with Crippen LogP contribution < -0.4 is 11.1 Å². The van der Waals surface area contributed by atoms with Gasteiger partial charge in [0.2, 0.25) is 0 Å². The minimum absolute atomic E-state index is 0.204. The first-order valence-electron chi connectivity index (χ1n) is 6.57. The molecule has 0 unspecified atom stereocenters. The number of rotatable bonds is 4. The van der Waals surface area contributed by atoms with E-state index >= 15 is 0 Å². The molecule has 0 aliphatic rings. The van der Waals surface area contributed by atoms with Crippen LogP contribution in [0.2, 0.25) is 0 Å². The number of amides is 1. The average molecular weight is 290 g/mol. The molecule has 6 heteroatoms. The fourth-order valence-electron chi connectivity index (χ4n) is 1.90. The van der Waals surface area contributed by atoms with Gasteiger partial charge < -0.3 is 5.73 Å². The normalized spacial score (nSPS) is 10.6. The van der Waals surface area contributed by atoms with Crippen LogP contribution in [0, 0.1) is 6.92 Å². The molecule has 5 nitrogen and oxygen atoms in total. The number of carbonyl (C=O) groups excluding carboxylic acids is 1. The van der Waals surface area contributed by atoms with E-state index in [1.165, 1.54) is 11.3 Å². The van der Waals surface area contributed by atoms with Crippen molar-refractivity contribution >= 4 is 28.2 Å². The fourth-order valence-corrected chi connectivity index (χ4v) is 2.80. The monoisotopic (exact) mass is 290 g/mol. The summed E-state index contributed by atoms with van der Waals surface area (Å²) in [5.41, 5.74) is 8.05. The summed E-state index contributed by atoms with van der Waals surface area (Å²) in [7, 11) is 0. The number of nitrogen functional groups attached to an aromatic ring is 1. The molecule has 0 bridgehead atoms. The standard InChI is InChI=1S/C14H18N4OS/c1-4-10-6-9(7-12(15)16-10)13(19)18-14-17-11(5-2)8(3)20-14/h6-7H,4-5H2,1-3H3,(H2,15,16)(H,17,18,19). The molecule has 0 spiro atoms. The van der Waals surface area contributed by atoms with Crippen molar-refractivity contribution in [3.8, 4) is 0 Å². The molecule has 3 N–H and O–H groups in total. The molecule has 0 saturated carbocycles. The van der Waals surface area contributed by atoms with Crippen molar-refractivity contribution < 1.29 is 4.79 Å². The molecule has 20 heavy (non-hydrogen) atoms. The molecule has 2 aromatic heterocycles. The molecule has 2 rings (SSSR count). The van der Waals surface area contributed by atoms with Gasteiger partial charge in [0.05, 0.1) is 5.69 Å². The Morgan fingerprint density at radius 1 is 1.30 bits per heavy atom. The van der Waals surface area contributed by atoms with Gasteiger partial charge in [0.15, 0.2) is 5.13 Å². The van der Waals surface area contributed by atoms with Gasteiger partial charge in [0.1, 0.15) is 5.82 Å². The van der Waals surface area contributed by atoms with E-state index in [2.05, 4.69) is 15.3 Å². The number of nitrogens with two attached hydrogens (primary N) is 1. The maximum absolute atomic E-state index is 12.2. The van der Waals surface area contributed by atoms with Crippen LogP contribution in [0.1, 0.15) is 40.5 Å². The Hall–Kier alpha value is -1.95. The molecule has 0 radical (unpaired) electrons. The maximum Gasteiger partial charge on any atom is 0.257 e. The van der Waals surface area contributed by atoms with E-state index < -0.39 is 0 Å². The Morgan fingerprint density at radius 3 is 2.65 bits per heavy atom. The van der Waals surface area contributed by atoms with E-state index in [9.17, 15) is 4.79 Å². The van der Waals surface area contributed by atoms with Crippen molar-refractivity contribution in [2.75, 3.05) is 11.1 Å². The van der Waals surface area contributed by atoms with Crippen LogP contribution in [0.4, 0.5) is 10.9 Å². The summed E-state index contributed by atoms with van der Waals surface area (Å²) in [6.07, 6.45) is 1.60. The molecule has 1 amide bonds. The minimum Gasteiger partial charge on any atom is -0.384 e. The number of thiazole rings is 1. The quantitative estimate of drug-likeness (QED) is 0.907. The van der Waals surface area contributed by atoms with Crippen molar-refractivity contribution in [2.24, 2.45) is 0 Å². The molecule has 106 valence electrons. The summed E-state index contributed by atoms with van der Waals surface area (Å²) in [6, 6.07) is 3.34. The molecule has 0 saturated heterocycles. The molecule has 0 fully saturated rings. The fraction of sp³-hybridized carbons (Fsp3) is 0.357. The van der Waals surface area contributed by atoms with Gasteiger partial charge in [0.25, 0.3) is 5.91 Å². The zero-order valence-electron chi connectivity index (χ0n) is 11.9. The number of anilines is 2. The Balaban J connectivity index is 2.21. The van der Waals surface area contributed by atoms with Crippen molar-refractivity contribution in [1.29, 1.82) is 0 Å². The zero-order valence-corrected chi connectivity index (χ0v) is 12.7. The van der Waals surface area contributed by atoms with Crippen LogP contribution in [-0.4, -0.2) is 15.9 Å². The summed E-state index contributed by atoms with van der Waals surface area (Å²) in [6.45, 7) is 6.03. The number of nitrogens with zero attached hydrogens (tertiary/aromatic N) is 2. The molecule has 2 heterocycles. The largest absolute Gasteiger partial charge is 0.384 e. The Morgan fingerprint density at radius 2 is 2.05 bits per heavy atom. The second kappa shape index (κ2) is 6.00. The maximum atomic E-state index is 12.2. The lowest BCUT2D eigenvalue weighted by molar-refractivity contribution is 0.102. The van der Waals surface area contributed by atoms with E-state index in [4.69, 9.17) is 5.73 Å². The molecular weight excluding hydrogens is 272 g/mol. The number of aromatic nitrogens is 2. The summed E-state index contributed by atoms with van der Waals surface area (Å²) in [4.78, 5) is 21.9. The van der Waals surface area contributed by atoms with Crippen molar-refractivity contribution in [3.05, 3.63) is 34.0 Å². The highest BCUT2D eigenvalue weighted by atomic mass is 32.1. The van der Waals surface area contributed by atoms with Gasteiger partial charge in [-0.2, -0.15) is 0 Å². The predicted molar refractivity (Wildman–Crippen MR) is 82.2 cm³/mol. The second-order valence-corrected chi connectivity index (χ2v) is 5.66. The first kappa shape index (κ1) is 14.5. The lowest BCUT2D eigenvalue weighted by Gasteiger charge is -2.05. The number of pyridine rings is 1. The SMILES string of the molecule is CCc1cc(C(=O)Nc2nc(CC)c(C)s2)cc(N)n1. The van der Waals surface area contributed by atoms with Crippen LogP contribution in [0.5, 0.6) is 0 Å². The lowest BCUT2D eigenvalue weighted by atomic mass is 10.2. The lowest BCUT2D eigenvalue weighted by Crippen LogP contribution is -2.13. The predicted octanol–water partition coefficient (Wildman–Crippen LogP) is 2.81. The van der Waals surface area contributed by atoms with Crippen molar-refractivity contribution in [1.82, 2.24) is 9.97 Å². The van der Waals surface area contributed by atoms with E-state index in [0.29, 0.717) is 16.5 Å². The highest BCUT2D eigenvalue weighted by molar-refractivity contribution is 7.15. The van der Waals surface area contributed by atoms with Crippen LogP contribution in [0.15, 0.2) is 12.1 Å². The van der Waals surface area contributed by atoms with E-state index in [1.54, 1.807) is 12.1 Å². The van der Waals surface area contributed by atoms with Crippen LogP contribution >= 0.6 is 11.3 Å². The van der Waals surface area contributed by atoms with Crippen LogP contribution in [0.3, 0.4) is 0 Å². The van der Waals surface area contributed by atoms with E-state index in [1.807, 2.05) is 20.8 Å². The summed E-state index contributed by atoms with van der Waals surface area (Å²) < 4.78 is 0. The van der Waals surface area contributed by atoms with Gasteiger partial charge in [-0.3, -0.25) is 10.1 Å². The molecule has 0 aliphatic carbocycles. The number of carbonyl (C=O) groups is 1. The first-order chi connectivity index (χ1) is 9.53. The van der Waals surface area contributed by atoms with Crippen molar-refractivity contribution in [2.45, 2.75) is 33.6 Å². The van der Waals surface area contributed by atoms with Gasteiger partial charge in [-0.1, -0.05) is 13.8 Å². The molecule has 0 aromatic carbocycles. The summed E-state index contributed by atoms with van der Waals surface area (Å²) >= 11 is 1.49. The smallest absolute Gasteiger partial charge is 0.257 e. The zero-order chi connectivity index (χ0) is 14.7. The number of aryl methyl sites for hydroxylation is 3. The highest BCUT2D eigenvalue weighted by Crippen LogP contribution is 2.23. The summed E-state index contributed by atoms with van der Waals surface area (Å²) in [5, 5.41) is 3.44. The van der Waals surface area contributed by atoms with Crippen LogP contribution in [0.25, 0.3) is 0 Å². The van der Waals surface area contributed by atoms with E-state index in [0.717, 1.165) is 29.1 Å². The third-order valence-electron chi connectivity index (χ3n) is 2.97. The molecule has 0 aliphatic heterocycles. The third-order valence-corrected chi connectivity index (χ3v) is 3.90. The van der Waals surface area contributed by atoms with Crippen LogP contribution in [-0.2, 0) is 12.8 Å². The molecule has 0 atom stereocenters. The second-order valence-electron chi connectivity index (χ2n) is 4.46. The number of hydrogen-bond donors (Lipinski definition) is 2. The average Bonchev–Trinajstić information content (AvgIpc) is 2.77. The number of hydrogen-bond acceptors (Lipinski definition) is 5. The topological polar surface area (TPSA) is 80.9 Å². The Bertz CT molecular complexity index is 636. The van der Waals surface area contributed by atoms with Gasteiger partial charge in [-0.15, -0.1) is 11.3 Å². The minimum atomic E-state index is -0.204. The summed E-state index contributed by atoms with van der Waals surface area (Å²) in [5.74, 6) is 0.157. The first-order valence-corrected chi connectivity index (χ1v) is 7.39. The number of nitrogens with one attached hydrogen (secondary N) is 1. The Kier molecular flexibility index (Phi) is 4.34. The van der Waals surface area contributed by atoms with Gasteiger partial charge in [-0.05, 0) is 31.9 Å².